The van der Waals surface area contributed by atoms with Gasteiger partial charge in [-0.05, 0) is 6.42 Å². The summed E-state index contributed by atoms with van der Waals surface area (Å²) in [4.78, 5) is 24.4. The van der Waals surface area contributed by atoms with E-state index in [-0.39, 0.29) is 17.7 Å². The molecule has 0 bridgehead atoms. The molecule has 5 nitrogen and oxygen atoms in total. The summed E-state index contributed by atoms with van der Waals surface area (Å²) in [5.74, 6) is -0.159. The molecule has 2 aliphatic heterocycles. The van der Waals surface area contributed by atoms with Gasteiger partial charge in [0.15, 0.2) is 0 Å². The van der Waals surface area contributed by atoms with Gasteiger partial charge in [-0.3, -0.25) is 9.59 Å². The number of nitrogens with one attached hydrogen (secondary N) is 1. The van der Waals surface area contributed by atoms with Gasteiger partial charge in [-0.15, -0.1) is 0 Å². The first-order valence-corrected chi connectivity index (χ1v) is 4.90. The van der Waals surface area contributed by atoms with Gasteiger partial charge in [-0.1, -0.05) is 0 Å². The second-order valence-electron chi connectivity index (χ2n) is 3.70. The largest absolute Gasteiger partial charge is 0.361 e. The number of hydrogen-bond acceptors (Lipinski definition) is 3. The van der Waals surface area contributed by atoms with Gasteiger partial charge in [0.1, 0.15) is 6.73 Å². The Balaban J connectivity index is 1.90. The molecule has 0 aromatic rings. The van der Waals surface area contributed by atoms with E-state index in [1.807, 2.05) is 0 Å². The number of nitrogens with zero attached hydrogens (tertiary/aromatic N) is 1. The third-order valence-corrected chi connectivity index (χ3v) is 2.60. The number of carbonyl (C=O) groups excluding carboxylic acids is 2. The van der Waals surface area contributed by atoms with Crippen molar-refractivity contribution in [2.24, 2.45) is 5.92 Å². The smallest absolute Gasteiger partial charge is 0.229 e. The lowest BCUT2D eigenvalue weighted by molar-refractivity contribution is -0.145. The highest BCUT2D eigenvalue weighted by Gasteiger charge is 2.31. The molecule has 2 saturated heterocycles. The van der Waals surface area contributed by atoms with Gasteiger partial charge in [-0.25, -0.2) is 0 Å². The van der Waals surface area contributed by atoms with Crippen molar-refractivity contribution in [3.63, 3.8) is 0 Å². The molecule has 1 unspecified atom stereocenters. The lowest BCUT2D eigenvalue weighted by Crippen LogP contribution is -2.42. The van der Waals surface area contributed by atoms with E-state index >= 15 is 0 Å². The molecule has 0 spiro atoms. The fourth-order valence-electron chi connectivity index (χ4n) is 1.81. The second kappa shape index (κ2) is 3.96. The summed E-state index contributed by atoms with van der Waals surface area (Å²) < 4.78 is 5.19. The minimum Gasteiger partial charge on any atom is -0.361 e. The molecule has 2 amide bonds. The van der Waals surface area contributed by atoms with Crippen LogP contribution in [0.15, 0.2) is 0 Å². The van der Waals surface area contributed by atoms with Gasteiger partial charge in [0.05, 0.1) is 12.5 Å². The molecule has 0 radical (unpaired) electrons. The van der Waals surface area contributed by atoms with Crippen LogP contribution in [-0.4, -0.2) is 43.1 Å². The van der Waals surface area contributed by atoms with Crippen LogP contribution in [0.2, 0.25) is 0 Å². The number of hydrogen-bond donors (Lipinski definition) is 1. The van der Waals surface area contributed by atoms with Crippen molar-refractivity contribution in [1.29, 1.82) is 0 Å². The van der Waals surface area contributed by atoms with Crippen molar-refractivity contribution >= 4 is 11.8 Å². The monoisotopic (exact) mass is 198 g/mol. The third kappa shape index (κ3) is 1.87. The lowest BCUT2D eigenvalue weighted by atomic mass is 10.1. The van der Waals surface area contributed by atoms with Gasteiger partial charge in [-0.2, -0.15) is 0 Å². The van der Waals surface area contributed by atoms with Crippen LogP contribution < -0.4 is 5.32 Å². The number of amides is 2. The van der Waals surface area contributed by atoms with Crippen LogP contribution in [0.25, 0.3) is 0 Å². The maximum Gasteiger partial charge on any atom is 0.229 e. The van der Waals surface area contributed by atoms with Crippen molar-refractivity contribution in [2.45, 2.75) is 12.8 Å². The van der Waals surface area contributed by atoms with Crippen molar-refractivity contribution in [1.82, 2.24) is 10.2 Å². The molecule has 2 aliphatic rings. The first-order valence-electron chi connectivity index (χ1n) is 4.90. The van der Waals surface area contributed by atoms with Crippen molar-refractivity contribution in [3.8, 4) is 0 Å². The van der Waals surface area contributed by atoms with Gasteiger partial charge >= 0.3 is 0 Å². The highest BCUT2D eigenvalue weighted by molar-refractivity contribution is 5.89. The zero-order chi connectivity index (χ0) is 9.97. The molecule has 0 aliphatic carbocycles. The Bertz CT molecular complexity index is 248. The molecular weight excluding hydrogens is 184 g/mol. The Morgan fingerprint density at radius 2 is 2.43 bits per heavy atom. The first kappa shape index (κ1) is 9.45. The molecule has 78 valence electrons. The van der Waals surface area contributed by atoms with Crippen LogP contribution in [0.1, 0.15) is 12.8 Å². The van der Waals surface area contributed by atoms with E-state index in [0.717, 1.165) is 19.6 Å². The Labute approximate surface area is 82.4 Å². The predicted molar refractivity (Wildman–Crippen MR) is 48.3 cm³/mol. The van der Waals surface area contributed by atoms with Crippen LogP contribution >= 0.6 is 0 Å². The molecule has 0 aromatic carbocycles. The quantitative estimate of drug-likeness (QED) is 0.608. The van der Waals surface area contributed by atoms with Crippen molar-refractivity contribution in [3.05, 3.63) is 0 Å². The van der Waals surface area contributed by atoms with Gasteiger partial charge < -0.3 is 15.0 Å². The summed E-state index contributed by atoms with van der Waals surface area (Å²) in [5, 5.41) is 2.66. The molecular formula is C9H14N2O3. The standard InChI is InChI=1S/C9H14N2O3/c12-8-4-7(5-10-8)9(13)11-2-1-3-14-6-11/h7H,1-6H2,(H,10,12). The van der Waals surface area contributed by atoms with E-state index in [2.05, 4.69) is 5.32 Å². The fourth-order valence-corrected chi connectivity index (χ4v) is 1.81. The lowest BCUT2D eigenvalue weighted by Gasteiger charge is -2.28. The topological polar surface area (TPSA) is 58.6 Å². The molecule has 0 saturated carbocycles. The van der Waals surface area contributed by atoms with E-state index in [1.165, 1.54) is 0 Å². The maximum absolute atomic E-state index is 11.8. The Hall–Kier alpha value is -1.10. The van der Waals surface area contributed by atoms with E-state index in [9.17, 15) is 9.59 Å². The summed E-state index contributed by atoms with van der Waals surface area (Å²) in [6.07, 6.45) is 1.22. The molecule has 1 N–H and O–H groups in total. The average Bonchev–Trinajstić information content (AvgIpc) is 2.65. The molecule has 2 heterocycles. The Morgan fingerprint density at radius 1 is 1.57 bits per heavy atom. The Kier molecular flexibility index (Phi) is 2.67. The van der Waals surface area contributed by atoms with E-state index in [1.54, 1.807) is 4.90 Å². The second-order valence-corrected chi connectivity index (χ2v) is 3.70. The third-order valence-electron chi connectivity index (χ3n) is 2.60. The molecule has 2 fully saturated rings. The van der Waals surface area contributed by atoms with Crippen LogP contribution in [0, 0.1) is 5.92 Å². The summed E-state index contributed by atoms with van der Waals surface area (Å²) in [7, 11) is 0. The molecule has 1 atom stereocenters. The van der Waals surface area contributed by atoms with E-state index in [0.29, 0.717) is 19.7 Å². The zero-order valence-electron chi connectivity index (χ0n) is 7.99. The zero-order valence-corrected chi connectivity index (χ0v) is 7.99. The normalized spacial score (nSPS) is 27.6. The molecule has 5 heteroatoms. The van der Waals surface area contributed by atoms with Crippen LogP contribution in [0.3, 0.4) is 0 Å². The Morgan fingerprint density at radius 3 is 3.00 bits per heavy atom. The van der Waals surface area contributed by atoms with E-state index < -0.39 is 0 Å². The molecule has 2 rings (SSSR count). The minimum absolute atomic E-state index is 0.0266. The van der Waals surface area contributed by atoms with Crippen LogP contribution in [-0.2, 0) is 14.3 Å². The predicted octanol–water partition coefficient (Wildman–Crippen LogP) is -0.671. The summed E-state index contributed by atoms with van der Waals surface area (Å²) >= 11 is 0. The van der Waals surface area contributed by atoms with Crippen molar-refractivity contribution in [2.75, 3.05) is 26.4 Å². The van der Waals surface area contributed by atoms with Crippen molar-refractivity contribution < 1.29 is 14.3 Å². The minimum atomic E-state index is -0.177. The SMILES string of the molecule is O=C1CC(C(=O)N2CCCOC2)CN1. The van der Waals surface area contributed by atoms with Gasteiger partial charge in [0, 0.05) is 19.5 Å². The van der Waals surface area contributed by atoms with Crippen LogP contribution in [0.5, 0.6) is 0 Å². The fraction of sp³-hybridized carbons (Fsp3) is 0.778. The number of rotatable bonds is 1. The highest BCUT2D eigenvalue weighted by atomic mass is 16.5. The number of carbonyl (C=O) groups is 2. The van der Waals surface area contributed by atoms with Crippen LogP contribution in [0.4, 0.5) is 0 Å². The average molecular weight is 198 g/mol. The first-order chi connectivity index (χ1) is 6.77. The summed E-state index contributed by atoms with van der Waals surface area (Å²) in [6.45, 7) is 2.34. The van der Waals surface area contributed by atoms with Gasteiger partial charge in [0.25, 0.3) is 0 Å². The van der Waals surface area contributed by atoms with Gasteiger partial charge in [0.2, 0.25) is 11.8 Å². The summed E-state index contributed by atoms with van der Waals surface area (Å²) in [6, 6.07) is 0. The molecule has 14 heavy (non-hydrogen) atoms. The summed E-state index contributed by atoms with van der Waals surface area (Å²) in [5.41, 5.74) is 0. The number of ether oxygens (including phenoxy) is 1. The molecule has 0 aromatic heterocycles. The van der Waals surface area contributed by atoms with E-state index in [4.69, 9.17) is 4.74 Å². The maximum atomic E-state index is 11.8. The highest BCUT2D eigenvalue weighted by Crippen LogP contribution is 2.14.